The minimum atomic E-state index is -0.465. The van der Waals surface area contributed by atoms with Crippen molar-refractivity contribution in [2.24, 2.45) is 0 Å². The van der Waals surface area contributed by atoms with E-state index in [0.29, 0.717) is 10.9 Å². The van der Waals surface area contributed by atoms with Gasteiger partial charge in [0, 0.05) is 10.9 Å². The van der Waals surface area contributed by atoms with E-state index in [1.807, 2.05) is 0 Å². The molecule has 0 atom stereocenters. The molecule has 0 amide bonds. The summed E-state index contributed by atoms with van der Waals surface area (Å²) in [6.07, 6.45) is 3.62. The van der Waals surface area contributed by atoms with E-state index in [1.165, 1.54) is 12.1 Å². The van der Waals surface area contributed by atoms with Gasteiger partial charge in [-0.2, -0.15) is 0 Å². The molecule has 0 aliphatic carbocycles. The molecule has 0 bridgehead atoms. The van der Waals surface area contributed by atoms with Gasteiger partial charge >= 0.3 is 0 Å². The highest BCUT2D eigenvalue weighted by molar-refractivity contribution is 9.10. The van der Waals surface area contributed by atoms with Crippen LogP contribution in [0.2, 0.25) is 0 Å². The van der Waals surface area contributed by atoms with Crippen LogP contribution in [-0.4, -0.2) is 5.78 Å². The lowest BCUT2D eigenvalue weighted by Gasteiger charge is -2.02. The fourth-order valence-electron chi connectivity index (χ4n) is 1.26. The molecular formula is C12H12BrFO. The van der Waals surface area contributed by atoms with Crippen LogP contribution in [0.4, 0.5) is 4.39 Å². The molecule has 0 fully saturated rings. The van der Waals surface area contributed by atoms with Crippen molar-refractivity contribution in [1.82, 2.24) is 0 Å². The first-order valence-electron chi connectivity index (χ1n) is 4.74. The van der Waals surface area contributed by atoms with Gasteiger partial charge in [0.15, 0.2) is 5.78 Å². The first-order valence-corrected chi connectivity index (χ1v) is 5.53. The van der Waals surface area contributed by atoms with Gasteiger partial charge in [-0.25, -0.2) is 4.39 Å². The Hall–Kier alpha value is -0.960. The molecule has 1 aromatic carbocycles. The number of hydrogen-bond donors (Lipinski definition) is 0. The van der Waals surface area contributed by atoms with Crippen molar-refractivity contribution in [3.05, 3.63) is 46.7 Å². The van der Waals surface area contributed by atoms with E-state index in [2.05, 4.69) is 22.5 Å². The van der Waals surface area contributed by atoms with E-state index in [1.54, 1.807) is 12.1 Å². The number of halogens is 2. The summed E-state index contributed by atoms with van der Waals surface area (Å²) in [5.41, 5.74) is 0.169. The molecule has 0 aromatic heterocycles. The second kappa shape index (κ2) is 5.81. The largest absolute Gasteiger partial charge is 0.294 e. The molecule has 1 nitrogen and oxygen atoms in total. The van der Waals surface area contributed by atoms with E-state index in [4.69, 9.17) is 0 Å². The molecule has 0 aliphatic heterocycles. The molecule has 15 heavy (non-hydrogen) atoms. The summed E-state index contributed by atoms with van der Waals surface area (Å²) in [5.74, 6) is -0.616. The number of carbonyl (C=O) groups is 1. The van der Waals surface area contributed by atoms with Crippen LogP contribution in [0, 0.1) is 5.82 Å². The van der Waals surface area contributed by atoms with Gasteiger partial charge in [-0.1, -0.05) is 22.0 Å². The lowest BCUT2D eigenvalue weighted by Crippen LogP contribution is -2.01. The minimum absolute atomic E-state index is 0.151. The molecule has 0 N–H and O–H groups in total. The number of ketones is 1. The second-order valence-electron chi connectivity index (χ2n) is 3.23. The molecule has 0 saturated heterocycles. The normalized spacial score (nSPS) is 10.0. The van der Waals surface area contributed by atoms with Crippen molar-refractivity contribution >= 4 is 21.7 Å². The first-order chi connectivity index (χ1) is 7.15. The Labute approximate surface area is 97.1 Å². The predicted molar refractivity (Wildman–Crippen MR) is 62.5 cm³/mol. The van der Waals surface area contributed by atoms with Crippen LogP contribution in [0.1, 0.15) is 29.6 Å². The van der Waals surface area contributed by atoms with Crippen molar-refractivity contribution in [2.75, 3.05) is 0 Å². The average molecular weight is 271 g/mol. The van der Waals surface area contributed by atoms with Crippen molar-refractivity contribution in [2.45, 2.75) is 19.3 Å². The van der Waals surface area contributed by atoms with Gasteiger partial charge in [0.25, 0.3) is 0 Å². The Balaban J connectivity index is 2.69. The number of carbonyl (C=O) groups excluding carboxylic acids is 1. The Morgan fingerprint density at radius 2 is 2.27 bits per heavy atom. The molecule has 0 heterocycles. The van der Waals surface area contributed by atoms with Gasteiger partial charge in [0.1, 0.15) is 5.82 Å². The number of rotatable bonds is 5. The van der Waals surface area contributed by atoms with E-state index in [9.17, 15) is 9.18 Å². The van der Waals surface area contributed by atoms with Gasteiger partial charge in [-0.15, -0.1) is 6.58 Å². The number of allylic oxidation sites excluding steroid dienone is 1. The maximum Gasteiger partial charge on any atom is 0.165 e. The summed E-state index contributed by atoms with van der Waals surface area (Å²) in [4.78, 5) is 11.6. The number of Topliss-reactive ketones (excluding diaryl/α,β-unsaturated/α-hetero) is 1. The maximum absolute atomic E-state index is 13.3. The number of hydrogen-bond acceptors (Lipinski definition) is 1. The molecule has 1 aromatic rings. The molecule has 0 aliphatic rings. The van der Waals surface area contributed by atoms with E-state index < -0.39 is 5.82 Å². The summed E-state index contributed by atoms with van der Waals surface area (Å²) in [6.45, 7) is 3.57. The highest BCUT2D eigenvalue weighted by atomic mass is 79.9. The fraction of sp³-hybridized carbons (Fsp3) is 0.250. The van der Waals surface area contributed by atoms with E-state index in [0.717, 1.165) is 12.8 Å². The smallest absolute Gasteiger partial charge is 0.165 e. The Kier molecular flexibility index (Phi) is 4.69. The zero-order valence-electron chi connectivity index (χ0n) is 8.30. The second-order valence-corrected chi connectivity index (χ2v) is 4.14. The highest BCUT2D eigenvalue weighted by Crippen LogP contribution is 2.17. The third-order valence-electron chi connectivity index (χ3n) is 2.04. The van der Waals surface area contributed by atoms with Crippen LogP contribution in [0.15, 0.2) is 35.3 Å². The highest BCUT2D eigenvalue weighted by Gasteiger charge is 2.10. The zero-order valence-corrected chi connectivity index (χ0v) is 9.89. The summed E-state index contributed by atoms with van der Waals surface area (Å²) >= 11 is 3.14. The zero-order chi connectivity index (χ0) is 11.3. The maximum atomic E-state index is 13.3. The van der Waals surface area contributed by atoms with Crippen molar-refractivity contribution < 1.29 is 9.18 Å². The molecule has 0 radical (unpaired) electrons. The molecule has 80 valence electrons. The Bertz CT molecular complexity index is 374. The third-order valence-corrected chi connectivity index (χ3v) is 2.54. The molecule has 0 saturated carbocycles. The standard InChI is InChI=1S/C12H12BrFO/c1-2-3-4-5-12(15)10-7-6-9(13)8-11(10)14/h2,6-8H,1,3-5H2. The van der Waals surface area contributed by atoms with Crippen molar-refractivity contribution in [1.29, 1.82) is 0 Å². The van der Waals surface area contributed by atoms with Crippen LogP contribution in [-0.2, 0) is 0 Å². The summed E-state index contributed by atoms with van der Waals surface area (Å²) in [6, 6.07) is 4.49. The van der Waals surface area contributed by atoms with E-state index in [-0.39, 0.29) is 11.3 Å². The Morgan fingerprint density at radius 3 is 2.87 bits per heavy atom. The SMILES string of the molecule is C=CCCCC(=O)c1ccc(Br)cc1F. The van der Waals surface area contributed by atoms with Gasteiger partial charge in [-0.05, 0) is 31.0 Å². The lowest BCUT2D eigenvalue weighted by molar-refractivity contribution is 0.0976. The third kappa shape index (κ3) is 3.59. The van der Waals surface area contributed by atoms with Crippen molar-refractivity contribution in [3.8, 4) is 0 Å². The van der Waals surface area contributed by atoms with Crippen molar-refractivity contribution in [3.63, 3.8) is 0 Å². The molecule has 0 spiro atoms. The van der Waals surface area contributed by atoms with Crippen LogP contribution in [0.3, 0.4) is 0 Å². The molecular weight excluding hydrogens is 259 g/mol. The Morgan fingerprint density at radius 1 is 1.53 bits per heavy atom. The van der Waals surface area contributed by atoms with E-state index >= 15 is 0 Å². The van der Waals surface area contributed by atoms with Gasteiger partial charge in [-0.3, -0.25) is 4.79 Å². The van der Waals surface area contributed by atoms with Crippen LogP contribution in [0.5, 0.6) is 0 Å². The predicted octanol–water partition coefficient (Wildman–Crippen LogP) is 4.13. The summed E-state index contributed by atoms with van der Waals surface area (Å²) in [7, 11) is 0. The van der Waals surface area contributed by atoms with Crippen LogP contribution < -0.4 is 0 Å². The molecule has 0 unspecified atom stereocenters. The number of unbranched alkanes of at least 4 members (excludes halogenated alkanes) is 1. The van der Waals surface area contributed by atoms with Crippen LogP contribution >= 0.6 is 15.9 Å². The van der Waals surface area contributed by atoms with Gasteiger partial charge in [0.2, 0.25) is 0 Å². The summed E-state index contributed by atoms with van der Waals surface area (Å²) < 4.78 is 14.0. The van der Waals surface area contributed by atoms with Gasteiger partial charge < -0.3 is 0 Å². The monoisotopic (exact) mass is 270 g/mol. The molecule has 1 rings (SSSR count). The topological polar surface area (TPSA) is 17.1 Å². The lowest BCUT2D eigenvalue weighted by atomic mass is 10.1. The minimum Gasteiger partial charge on any atom is -0.294 e. The van der Waals surface area contributed by atoms with Crippen LogP contribution in [0.25, 0.3) is 0 Å². The fourth-order valence-corrected chi connectivity index (χ4v) is 1.59. The number of benzene rings is 1. The first kappa shape index (κ1) is 12.1. The molecule has 3 heteroatoms. The van der Waals surface area contributed by atoms with Gasteiger partial charge in [0.05, 0.1) is 5.56 Å². The quantitative estimate of drug-likeness (QED) is 0.447. The average Bonchev–Trinajstić information content (AvgIpc) is 2.17. The summed E-state index contributed by atoms with van der Waals surface area (Å²) in [5, 5.41) is 0.